The summed E-state index contributed by atoms with van der Waals surface area (Å²) in [5, 5.41) is 4.16. The van der Waals surface area contributed by atoms with Gasteiger partial charge in [-0.05, 0) is 43.2 Å². The predicted molar refractivity (Wildman–Crippen MR) is 94.2 cm³/mol. The van der Waals surface area contributed by atoms with Crippen molar-refractivity contribution in [2.24, 2.45) is 0 Å². The maximum atomic E-state index is 13.3. The van der Waals surface area contributed by atoms with E-state index in [1.54, 1.807) is 0 Å². The first-order valence-corrected chi connectivity index (χ1v) is 9.37. The lowest BCUT2D eigenvalue weighted by atomic mass is 9.82. The fraction of sp³-hybridized carbons (Fsp3) is 0.550. The highest BCUT2D eigenvalue weighted by Gasteiger charge is 2.38. The maximum absolute atomic E-state index is 13.3. The molecular weight excluding hydrogens is 314 g/mol. The zero-order valence-corrected chi connectivity index (χ0v) is 14.9. The summed E-state index contributed by atoms with van der Waals surface area (Å²) in [4.78, 5) is 19.9. The zero-order chi connectivity index (χ0) is 17.4. The van der Waals surface area contributed by atoms with E-state index in [1.165, 1.54) is 11.1 Å². The van der Waals surface area contributed by atoms with Crippen molar-refractivity contribution in [1.29, 1.82) is 0 Å². The molecule has 1 aromatic heterocycles. The number of benzene rings is 1. The van der Waals surface area contributed by atoms with E-state index in [2.05, 4.69) is 28.3 Å². The summed E-state index contributed by atoms with van der Waals surface area (Å²) in [5.41, 5.74) is 2.53. The summed E-state index contributed by atoms with van der Waals surface area (Å²) in [6, 6.07) is 8.34. The van der Waals surface area contributed by atoms with Crippen LogP contribution in [0.3, 0.4) is 0 Å². The van der Waals surface area contributed by atoms with E-state index >= 15 is 0 Å². The summed E-state index contributed by atoms with van der Waals surface area (Å²) in [6.07, 6.45) is 4.99. The number of fused-ring (bicyclic) bond motifs is 1. The minimum Gasteiger partial charge on any atom is -0.339 e. The van der Waals surface area contributed by atoms with E-state index < -0.39 is 0 Å². The quantitative estimate of drug-likeness (QED) is 0.849. The second kappa shape index (κ2) is 6.62. The molecule has 0 saturated carbocycles. The van der Waals surface area contributed by atoms with E-state index in [9.17, 15) is 4.79 Å². The van der Waals surface area contributed by atoms with Crippen molar-refractivity contribution in [2.45, 2.75) is 63.8 Å². The van der Waals surface area contributed by atoms with E-state index in [0.717, 1.165) is 38.6 Å². The Bertz CT molecular complexity index is 768. The maximum Gasteiger partial charge on any atom is 0.230 e. The lowest BCUT2D eigenvalue weighted by Crippen LogP contribution is -2.36. The van der Waals surface area contributed by atoms with Gasteiger partial charge in [-0.1, -0.05) is 43.3 Å². The Morgan fingerprint density at radius 2 is 2.08 bits per heavy atom. The van der Waals surface area contributed by atoms with Crippen molar-refractivity contribution in [3.8, 4) is 0 Å². The smallest absolute Gasteiger partial charge is 0.230 e. The molecule has 5 heteroatoms. The molecule has 132 valence electrons. The molecule has 2 aromatic rings. The van der Waals surface area contributed by atoms with Gasteiger partial charge >= 0.3 is 0 Å². The van der Waals surface area contributed by atoms with Crippen LogP contribution < -0.4 is 0 Å². The number of carbonyl (C=O) groups excluding carboxylic acids is 1. The zero-order valence-electron chi connectivity index (χ0n) is 14.9. The normalized spacial score (nSPS) is 23.1. The van der Waals surface area contributed by atoms with Gasteiger partial charge < -0.3 is 9.42 Å². The number of aryl methyl sites for hydroxylation is 1. The lowest BCUT2D eigenvalue weighted by molar-refractivity contribution is -0.134. The number of carbonyl (C=O) groups is 1. The Labute approximate surface area is 148 Å². The van der Waals surface area contributed by atoms with Crippen LogP contribution in [-0.4, -0.2) is 27.5 Å². The molecular formula is C20H25N3O2. The van der Waals surface area contributed by atoms with Crippen LogP contribution in [0, 0.1) is 0 Å². The van der Waals surface area contributed by atoms with Crippen molar-refractivity contribution in [1.82, 2.24) is 15.0 Å². The van der Waals surface area contributed by atoms with Gasteiger partial charge in [0.15, 0.2) is 5.82 Å². The minimum atomic E-state index is -0.0437. The lowest BCUT2D eigenvalue weighted by Gasteiger charge is -2.31. The SMILES string of the molecule is CC(C)c1nc([C@H]2CCCN2C(=O)[C@@H]2CCCc3ccccc32)no1. The molecule has 1 aliphatic heterocycles. The molecule has 0 bridgehead atoms. The standard InChI is InChI=1S/C20H25N3O2/c1-13(2)19-21-18(22-25-19)17-11-6-12-23(17)20(24)16-10-5-8-14-7-3-4-9-15(14)16/h3-4,7,9,13,16-17H,5-6,8,10-12H2,1-2H3/t16-,17-/m1/s1. The van der Waals surface area contributed by atoms with Crippen LogP contribution in [0.2, 0.25) is 0 Å². The third-order valence-electron chi connectivity index (χ3n) is 5.45. The molecule has 1 fully saturated rings. The number of amides is 1. The monoisotopic (exact) mass is 339 g/mol. The van der Waals surface area contributed by atoms with Crippen molar-refractivity contribution >= 4 is 5.91 Å². The fourth-order valence-corrected chi connectivity index (χ4v) is 4.13. The van der Waals surface area contributed by atoms with Gasteiger partial charge in [0.05, 0.1) is 12.0 Å². The highest BCUT2D eigenvalue weighted by Crippen LogP contribution is 2.38. The Kier molecular flexibility index (Phi) is 4.32. The van der Waals surface area contributed by atoms with Crippen LogP contribution in [0.25, 0.3) is 0 Å². The summed E-state index contributed by atoms with van der Waals surface area (Å²) in [5.74, 6) is 1.72. The van der Waals surface area contributed by atoms with Gasteiger partial charge in [0.1, 0.15) is 0 Å². The fourth-order valence-electron chi connectivity index (χ4n) is 4.13. The molecule has 0 unspecified atom stereocenters. The second-order valence-electron chi connectivity index (χ2n) is 7.48. The largest absolute Gasteiger partial charge is 0.339 e. The number of nitrogens with zero attached hydrogens (tertiary/aromatic N) is 3. The van der Waals surface area contributed by atoms with Crippen LogP contribution in [0.15, 0.2) is 28.8 Å². The molecule has 1 saturated heterocycles. The molecule has 1 aromatic carbocycles. The van der Waals surface area contributed by atoms with Gasteiger partial charge in [0.2, 0.25) is 11.8 Å². The van der Waals surface area contributed by atoms with Gasteiger partial charge in [-0.2, -0.15) is 4.98 Å². The number of rotatable bonds is 3. The Hall–Kier alpha value is -2.17. The topological polar surface area (TPSA) is 59.2 Å². The van der Waals surface area contributed by atoms with Gasteiger partial charge in [-0.25, -0.2) is 0 Å². The molecule has 0 N–H and O–H groups in total. The van der Waals surface area contributed by atoms with Gasteiger partial charge in [-0.15, -0.1) is 0 Å². The summed E-state index contributed by atoms with van der Waals surface area (Å²) in [6.45, 7) is 4.86. The highest BCUT2D eigenvalue weighted by molar-refractivity contribution is 5.85. The van der Waals surface area contributed by atoms with E-state index in [-0.39, 0.29) is 23.8 Å². The molecule has 4 rings (SSSR count). The Balaban J connectivity index is 1.59. The first-order valence-electron chi connectivity index (χ1n) is 9.37. The van der Waals surface area contributed by atoms with E-state index in [1.807, 2.05) is 24.8 Å². The summed E-state index contributed by atoms with van der Waals surface area (Å²) >= 11 is 0. The molecule has 2 aliphatic rings. The van der Waals surface area contributed by atoms with Crippen LogP contribution in [0.4, 0.5) is 0 Å². The van der Waals surface area contributed by atoms with Crippen LogP contribution >= 0.6 is 0 Å². The van der Waals surface area contributed by atoms with Crippen LogP contribution in [0.5, 0.6) is 0 Å². The number of hydrogen-bond acceptors (Lipinski definition) is 4. The third-order valence-corrected chi connectivity index (χ3v) is 5.45. The molecule has 5 nitrogen and oxygen atoms in total. The molecule has 1 aliphatic carbocycles. The van der Waals surface area contributed by atoms with Crippen LogP contribution in [0.1, 0.15) is 80.3 Å². The number of hydrogen-bond donors (Lipinski definition) is 0. The molecule has 1 amide bonds. The third kappa shape index (κ3) is 2.96. The van der Waals surface area contributed by atoms with Crippen molar-refractivity contribution in [3.63, 3.8) is 0 Å². The number of likely N-dealkylation sites (tertiary alicyclic amines) is 1. The molecule has 0 spiro atoms. The van der Waals surface area contributed by atoms with Crippen LogP contribution in [-0.2, 0) is 11.2 Å². The van der Waals surface area contributed by atoms with Crippen molar-refractivity contribution < 1.29 is 9.32 Å². The average molecular weight is 339 g/mol. The highest BCUT2D eigenvalue weighted by atomic mass is 16.5. The van der Waals surface area contributed by atoms with Crippen molar-refractivity contribution in [2.75, 3.05) is 6.54 Å². The molecule has 25 heavy (non-hydrogen) atoms. The van der Waals surface area contributed by atoms with E-state index in [4.69, 9.17) is 4.52 Å². The Morgan fingerprint density at radius 1 is 1.24 bits per heavy atom. The minimum absolute atomic E-state index is 0.0259. The van der Waals surface area contributed by atoms with E-state index in [0.29, 0.717) is 11.7 Å². The first kappa shape index (κ1) is 16.3. The Morgan fingerprint density at radius 3 is 2.88 bits per heavy atom. The summed E-state index contributed by atoms with van der Waals surface area (Å²) in [7, 11) is 0. The number of aromatic nitrogens is 2. The van der Waals surface area contributed by atoms with Gasteiger partial charge in [-0.3, -0.25) is 4.79 Å². The summed E-state index contributed by atoms with van der Waals surface area (Å²) < 4.78 is 5.37. The molecule has 2 atom stereocenters. The predicted octanol–water partition coefficient (Wildman–Crippen LogP) is 3.98. The van der Waals surface area contributed by atoms with Crippen molar-refractivity contribution in [3.05, 3.63) is 47.1 Å². The average Bonchev–Trinajstić information content (AvgIpc) is 3.29. The molecule has 0 radical (unpaired) electrons. The van der Waals surface area contributed by atoms with Gasteiger partial charge in [0, 0.05) is 12.5 Å². The first-order chi connectivity index (χ1) is 12.1. The molecule has 2 heterocycles. The van der Waals surface area contributed by atoms with Gasteiger partial charge in [0.25, 0.3) is 0 Å². The second-order valence-corrected chi connectivity index (χ2v) is 7.48.